The summed E-state index contributed by atoms with van der Waals surface area (Å²) < 4.78 is 5.93. The number of aromatic nitrogens is 2. The molecule has 24 heavy (non-hydrogen) atoms. The van der Waals surface area contributed by atoms with Crippen LogP contribution in [0.2, 0.25) is 0 Å². The Balaban J connectivity index is 1.74. The molecule has 0 N–H and O–H groups in total. The lowest BCUT2D eigenvalue weighted by molar-refractivity contribution is 0.585. The van der Waals surface area contributed by atoms with Crippen molar-refractivity contribution >= 4 is 26.7 Å². The Morgan fingerprint density at radius 2 is 1.54 bits per heavy atom. The molecule has 3 nitrogen and oxygen atoms in total. The van der Waals surface area contributed by atoms with E-state index in [2.05, 4.69) is 63.4 Å². The molecule has 0 saturated heterocycles. The van der Waals surface area contributed by atoms with Gasteiger partial charge >= 0.3 is 0 Å². The van der Waals surface area contributed by atoms with E-state index >= 15 is 0 Å². The van der Waals surface area contributed by atoms with Crippen molar-refractivity contribution in [2.45, 2.75) is 11.8 Å². The number of hydrogen-bond donors (Lipinski definition) is 0. The number of benzene rings is 3. The van der Waals surface area contributed by atoms with Crippen molar-refractivity contribution < 1.29 is 4.42 Å². The van der Waals surface area contributed by atoms with Gasteiger partial charge in [-0.25, -0.2) is 0 Å². The number of alkyl halides is 1. The largest absolute Gasteiger partial charge is 0.416 e. The van der Waals surface area contributed by atoms with E-state index in [0.29, 0.717) is 16.6 Å². The Bertz CT molecular complexity index is 985. The van der Waals surface area contributed by atoms with Gasteiger partial charge in [-0.1, -0.05) is 64.5 Å². The fourth-order valence-electron chi connectivity index (χ4n) is 2.75. The molecule has 1 atom stereocenters. The quantitative estimate of drug-likeness (QED) is 0.409. The monoisotopic (exact) mass is 378 g/mol. The van der Waals surface area contributed by atoms with Gasteiger partial charge < -0.3 is 4.42 Å². The van der Waals surface area contributed by atoms with Gasteiger partial charge in [-0.3, -0.25) is 0 Å². The van der Waals surface area contributed by atoms with Crippen molar-refractivity contribution in [1.29, 1.82) is 0 Å². The average molecular weight is 379 g/mol. The molecule has 0 aliphatic rings. The minimum Gasteiger partial charge on any atom is -0.416 e. The summed E-state index contributed by atoms with van der Waals surface area (Å²) in [4.78, 5) is 0.320. The summed E-state index contributed by atoms with van der Waals surface area (Å²) in [6, 6.07) is 22.4. The maximum absolute atomic E-state index is 5.93. The van der Waals surface area contributed by atoms with Crippen molar-refractivity contribution in [3.05, 3.63) is 72.3 Å². The lowest BCUT2D eigenvalue weighted by Crippen LogP contribution is -1.84. The zero-order chi connectivity index (χ0) is 16.5. The Morgan fingerprint density at radius 3 is 2.33 bits per heavy atom. The standard InChI is InChI=1S/C20H15BrN2O/c1-13(21)14-9-11-16(12-10-14)19-22-23-20(24-19)18-8-4-6-15-5-2-3-7-17(15)18/h2-13H,1H3. The zero-order valence-corrected chi connectivity index (χ0v) is 14.7. The summed E-state index contributed by atoms with van der Waals surface area (Å²) >= 11 is 3.57. The molecule has 0 saturated carbocycles. The average Bonchev–Trinajstić information content (AvgIpc) is 3.11. The molecule has 0 amide bonds. The van der Waals surface area contributed by atoms with Crippen LogP contribution in [-0.4, -0.2) is 10.2 Å². The molecule has 118 valence electrons. The topological polar surface area (TPSA) is 38.9 Å². The molecular formula is C20H15BrN2O. The number of hydrogen-bond acceptors (Lipinski definition) is 3. The van der Waals surface area contributed by atoms with Crippen LogP contribution in [0.15, 0.2) is 71.1 Å². The fraction of sp³-hybridized carbons (Fsp3) is 0.100. The predicted octanol–water partition coefficient (Wildman–Crippen LogP) is 6.01. The molecule has 1 aromatic heterocycles. The number of fused-ring (bicyclic) bond motifs is 1. The van der Waals surface area contributed by atoms with E-state index in [4.69, 9.17) is 4.42 Å². The molecule has 0 fully saturated rings. The van der Waals surface area contributed by atoms with E-state index < -0.39 is 0 Å². The van der Waals surface area contributed by atoms with Gasteiger partial charge in [-0.2, -0.15) is 0 Å². The molecule has 4 rings (SSSR count). The highest BCUT2D eigenvalue weighted by molar-refractivity contribution is 9.09. The fourth-order valence-corrected chi connectivity index (χ4v) is 3.06. The summed E-state index contributed by atoms with van der Waals surface area (Å²) in [5, 5.41) is 10.7. The van der Waals surface area contributed by atoms with E-state index in [1.54, 1.807) is 0 Å². The van der Waals surface area contributed by atoms with Crippen molar-refractivity contribution in [1.82, 2.24) is 10.2 Å². The highest BCUT2D eigenvalue weighted by atomic mass is 79.9. The summed E-state index contributed by atoms with van der Waals surface area (Å²) in [5.41, 5.74) is 3.09. The van der Waals surface area contributed by atoms with Crippen molar-refractivity contribution in [2.24, 2.45) is 0 Å². The van der Waals surface area contributed by atoms with Crippen LogP contribution in [0.5, 0.6) is 0 Å². The number of halogens is 1. The normalized spacial score (nSPS) is 12.4. The van der Waals surface area contributed by atoms with Crippen LogP contribution in [0.4, 0.5) is 0 Å². The van der Waals surface area contributed by atoms with Crippen LogP contribution >= 0.6 is 15.9 Å². The molecule has 4 aromatic rings. The van der Waals surface area contributed by atoms with E-state index in [9.17, 15) is 0 Å². The van der Waals surface area contributed by atoms with Gasteiger partial charge in [0.15, 0.2) is 0 Å². The predicted molar refractivity (Wildman–Crippen MR) is 100 cm³/mol. The molecule has 0 spiro atoms. The number of nitrogens with zero attached hydrogens (tertiary/aromatic N) is 2. The van der Waals surface area contributed by atoms with E-state index in [1.807, 2.05) is 36.4 Å². The van der Waals surface area contributed by atoms with E-state index in [-0.39, 0.29) is 0 Å². The van der Waals surface area contributed by atoms with Crippen LogP contribution in [-0.2, 0) is 0 Å². The molecule has 4 heteroatoms. The van der Waals surface area contributed by atoms with Gasteiger partial charge in [0.1, 0.15) is 0 Å². The molecule has 0 bridgehead atoms. The van der Waals surface area contributed by atoms with Gasteiger partial charge in [-0.05, 0) is 41.5 Å². The lowest BCUT2D eigenvalue weighted by atomic mass is 10.0. The van der Waals surface area contributed by atoms with Crippen LogP contribution in [0.3, 0.4) is 0 Å². The smallest absolute Gasteiger partial charge is 0.248 e. The third-order valence-electron chi connectivity index (χ3n) is 4.06. The van der Waals surface area contributed by atoms with Crippen molar-refractivity contribution in [3.8, 4) is 22.9 Å². The second-order valence-corrected chi connectivity index (χ2v) is 7.05. The second-order valence-electron chi connectivity index (χ2n) is 5.68. The molecule has 1 heterocycles. The second kappa shape index (κ2) is 6.21. The summed E-state index contributed by atoms with van der Waals surface area (Å²) in [6.07, 6.45) is 0. The maximum Gasteiger partial charge on any atom is 0.248 e. The maximum atomic E-state index is 5.93. The summed E-state index contributed by atoms with van der Waals surface area (Å²) in [6.45, 7) is 2.10. The van der Waals surface area contributed by atoms with Gasteiger partial charge in [0.25, 0.3) is 0 Å². The minimum absolute atomic E-state index is 0.320. The summed E-state index contributed by atoms with van der Waals surface area (Å²) in [5.74, 6) is 1.08. The van der Waals surface area contributed by atoms with Crippen LogP contribution < -0.4 is 0 Å². The van der Waals surface area contributed by atoms with E-state index in [0.717, 1.165) is 21.9 Å². The number of rotatable bonds is 3. The summed E-state index contributed by atoms with van der Waals surface area (Å²) in [7, 11) is 0. The first-order valence-electron chi connectivity index (χ1n) is 7.78. The Hall–Kier alpha value is -2.46. The van der Waals surface area contributed by atoms with E-state index in [1.165, 1.54) is 5.56 Å². The third-order valence-corrected chi connectivity index (χ3v) is 4.59. The van der Waals surface area contributed by atoms with Crippen LogP contribution in [0.25, 0.3) is 33.7 Å². The van der Waals surface area contributed by atoms with Gasteiger partial charge in [-0.15, -0.1) is 10.2 Å². The first-order chi connectivity index (χ1) is 11.7. The molecule has 1 unspecified atom stereocenters. The first kappa shape index (κ1) is 15.1. The highest BCUT2D eigenvalue weighted by Gasteiger charge is 2.13. The molecule has 0 aliphatic heterocycles. The SMILES string of the molecule is CC(Br)c1ccc(-c2nnc(-c3cccc4ccccc34)o2)cc1. The molecule has 0 radical (unpaired) electrons. The molecular weight excluding hydrogens is 364 g/mol. The zero-order valence-electron chi connectivity index (χ0n) is 13.1. The molecule has 0 aliphatic carbocycles. The van der Waals surface area contributed by atoms with Crippen molar-refractivity contribution in [3.63, 3.8) is 0 Å². The van der Waals surface area contributed by atoms with Gasteiger partial charge in [0, 0.05) is 16.0 Å². The Labute approximate surface area is 148 Å². The minimum atomic E-state index is 0.320. The highest BCUT2D eigenvalue weighted by Crippen LogP contribution is 2.30. The Morgan fingerprint density at radius 1 is 0.833 bits per heavy atom. The third kappa shape index (κ3) is 2.74. The molecule has 3 aromatic carbocycles. The Kier molecular flexibility index (Phi) is 3.90. The van der Waals surface area contributed by atoms with Crippen molar-refractivity contribution in [2.75, 3.05) is 0 Å². The van der Waals surface area contributed by atoms with Gasteiger partial charge in [0.05, 0.1) is 0 Å². The first-order valence-corrected chi connectivity index (χ1v) is 8.70. The van der Waals surface area contributed by atoms with Crippen LogP contribution in [0.1, 0.15) is 17.3 Å². The lowest BCUT2D eigenvalue weighted by Gasteiger charge is -2.03. The van der Waals surface area contributed by atoms with Gasteiger partial charge in [0.2, 0.25) is 11.8 Å². The van der Waals surface area contributed by atoms with Crippen LogP contribution in [0, 0.1) is 0 Å².